The molecule has 0 spiro atoms. The maximum atomic E-state index is 10.9. The first-order chi connectivity index (χ1) is 12.5. The van der Waals surface area contributed by atoms with E-state index in [1.165, 1.54) is 0 Å². The number of carboxylic acid groups (broad SMARTS) is 1. The van der Waals surface area contributed by atoms with E-state index in [1.54, 1.807) is 24.3 Å². The number of hydrogen-bond donors (Lipinski definition) is 1. The summed E-state index contributed by atoms with van der Waals surface area (Å²) in [7, 11) is 0. The van der Waals surface area contributed by atoms with E-state index in [0.29, 0.717) is 6.54 Å². The maximum Gasteiger partial charge on any atom is 0.335 e. The van der Waals surface area contributed by atoms with Gasteiger partial charge in [-0.2, -0.15) is 0 Å². The maximum absolute atomic E-state index is 10.9. The smallest absolute Gasteiger partial charge is 0.335 e. The number of aromatic carboxylic acids is 1. The summed E-state index contributed by atoms with van der Waals surface area (Å²) < 4.78 is 3.26. The quantitative estimate of drug-likeness (QED) is 0.589. The van der Waals surface area contributed by atoms with Crippen LogP contribution in [0.4, 0.5) is 0 Å². The van der Waals surface area contributed by atoms with Gasteiger partial charge in [0.1, 0.15) is 0 Å². The minimum Gasteiger partial charge on any atom is -0.478 e. The van der Waals surface area contributed by atoms with Crippen LogP contribution in [0.2, 0.25) is 0 Å². The molecular weight excluding hydrogens is 392 g/mol. The molecule has 0 amide bonds. The van der Waals surface area contributed by atoms with E-state index >= 15 is 0 Å². The highest BCUT2D eigenvalue weighted by atomic mass is 79.9. The van der Waals surface area contributed by atoms with E-state index in [-0.39, 0.29) is 5.56 Å². The van der Waals surface area contributed by atoms with E-state index in [1.807, 2.05) is 18.3 Å². The fraction of sp³-hybridized carbons (Fsp3) is 0.143. The Hall–Kier alpha value is -2.66. The normalized spacial score (nSPS) is 11.2. The van der Waals surface area contributed by atoms with Crippen LogP contribution >= 0.6 is 15.9 Å². The molecule has 0 atom stereocenters. The highest BCUT2D eigenvalue weighted by Gasteiger charge is 2.09. The monoisotopic (exact) mass is 410 g/mol. The van der Waals surface area contributed by atoms with Gasteiger partial charge in [0, 0.05) is 33.3 Å². The van der Waals surface area contributed by atoms with Gasteiger partial charge in [-0.1, -0.05) is 28.1 Å². The number of carbonyl (C=O) groups is 1. The summed E-state index contributed by atoms with van der Waals surface area (Å²) in [6.45, 7) is 4.68. The SMILES string of the molecule is Cc1cc(C=NCc2ccc(C(=O)O)cc2)c(C)n1-c1ccc(Br)cc1. The number of benzene rings is 2. The largest absolute Gasteiger partial charge is 0.478 e. The van der Waals surface area contributed by atoms with Crippen molar-refractivity contribution < 1.29 is 9.90 Å². The molecule has 5 heteroatoms. The summed E-state index contributed by atoms with van der Waals surface area (Å²) in [6.07, 6.45) is 1.88. The molecule has 0 bridgehead atoms. The zero-order valence-electron chi connectivity index (χ0n) is 14.6. The van der Waals surface area contributed by atoms with E-state index in [4.69, 9.17) is 5.11 Å². The van der Waals surface area contributed by atoms with E-state index in [0.717, 1.165) is 32.7 Å². The Kier molecular flexibility index (Phi) is 5.38. The molecule has 132 valence electrons. The van der Waals surface area contributed by atoms with Crippen molar-refractivity contribution in [3.63, 3.8) is 0 Å². The second-order valence-corrected chi connectivity index (χ2v) is 7.03. The van der Waals surface area contributed by atoms with Gasteiger partial charge in [0.2, 0.25) is 0 Å². The van der Waals surface area contributed by atoms with Crippen molar-refractivity contribution >= 4 is 28.1 Å². The van der Waals surface area contributed by atoms with Crippen molar-refractivity contribution in [1.82, 2.24) is 4.57 Å². The van der Waals surface area contributed by atoms with Gasteiger partial charge < -0.3 is 9.67 Å². The number of aromatic nitrogens is 1. The summed E-state index contributed by atoms with van der Waals surface area (Å²) in [6, 6.07) is 17.1. The van der Waals surface area contributed by atoms with Gasteiger partial charge in [-0.15, -0.1) is 0 Å². The number of aryl methyl sites for hydroxylation is 1. The first-order valence-corrected chi connectivity index (χ1v) is 9.02. The predicted molar refractivity (Wildman–Crippen MR) is 108 cm³/mol. The second-order valence-electron chi connectivity index (χ2n) is 6.11. The third-order valence-corrected chi connectivity index (χ3v) is 4.79. The zero-order chi connectivity index (χ0) is 18.7. The number of aliphatic imine (C=N–C) groups is 1. The Balaban J connectivity index is 1.78. The molecule has 0 aliphatic carbocycles. The Bertz CT molecular complexity index is 955. The van der Waals surface area contributed by atoms with E-state index < -0.39 is 5.97 Å². The first kappa shape index (κ1) is 18.1. The van der Waals surface area contributed by atoms with Crippen molar-refractivity contribution in [2.24, 2.45) is 4.99 Å². The van der Waals surface area contributed by atoms with Crippen LogP contribution in [0.25, 0.3) is 5.69 Å². The summed E-state index contributed by atoms with van der Waals surface area (Å²) >= 11 is 3.47. The zero-order valence-corrected chi connectivity index (χ0v) is 16.2. The van der Waals surface area contributed by atoms with Gasteiger partial charge in [0.25, 0.3) is 0 Å². The fourth-order valence-electron chi connectivity index (χ4n) is 2.91. The molecule has 1 heterocycles. The Morgan fingerprint density at radius 1 is 1.12 bits per heavy atom. The standard InChI is InChI=1S/C21H19BrN2O2/c1-14-11-18(15(2)24(14)20-9-7-19(22)8-10-20)13-23-12-16-3-5-17(6-4-16)21(25)26/h3-11,13H,12H2,1-2H3,(H,25,26). The molecule has 0 aliphatic heterocycles. The van der Waals surface area contributed by atoms with Crippen LogP contribution in [-0.4, -0.2) is 21.9 Å². The topological polar surface area (TPSA) is 54.6 Å². The Morgan fingerprint density at radius 2 is 1.77 bits per heavy atom. The van der Waals surface area contributed by atoms with Crippen LogP contribution in [0.5, 0.6) is 0 Å². The lowest BCUT2D eigenvalue weighted by Gasteiger charge is -2.09. The number of nitrogens with zero attached hydrogens (tertiary/aromatic N) is 2. The van der Waals surface area contributed by atoms with Crippen molar-refractivity contribution in [2.45, 2.75) is 20.4 Å². The van der Waals surface area contributed by atoms with Crippen LogP contribution in [-0.2, 0) is 6.54 Å². The Labute approximate surface area is 161 Å². The molecule has 26 heavy (non-hydrogen) atoms. The predicted octanol–water partition coefficient (Wildman–Crippen LogP) is 5.17. The van der Waals surface area contributed by atoms with Gasteiger partial charge in [0.15, 0.2) is 0 Å². The molecule has 1 N–H and O–H groups in total. The minimum atomic E-state index is -0.916. The number of hydrogen-bond acceptors (Lipinski definition) is 2. The van der Waals surface area contributed by atoms with Crippen LogP contribution < -0.4 is 0 Å². The van der Waals surface area contributed by atoms with Crippen LogP contribution in [0, 0.1) is 13.8 Å². The molecule has 0 saturated carbocycles. The molecule has 0 unspecified atom stereocenters. The minimum absolute atomic E-state index is 0.288. The average Bonchev–Trinajstić information content (AvgIpc) is 2.90. The number of carboxylic acids is 1. The highest BCUT2D eigenvalue weighted by Crippen LogP contribution is 2.21. The van der Waals surface area contributed by atoms with E-state index in [2.05, 4.69) is 57.5 Å². The fourth-order valence-corrected chi connectivity index (χ4v) is 3.17. The summed E-state index contributed by atoms with van der Waals surface area (Å²) in [5.74, 6) is -0.916. The van der Waals surface area contributed by atoms with Crippen molar-refractivity contribution in [3.8, 4) is 5.69 Å². The van der Waals surface area contributed by atoms with Gasteiger partial charge in [-0.3, -0.25) is 4.99 Å². The summed E-state index contributed by atoms with van der Waals surface area (Å²) in [5, 5.41) is 8.93. The summed E-state index contributed by atoms with van der Waals surface area (Å²) in [5.41, 5.74) is 5.75. The number of halogens is 1. The first-order valence-electron chi connectivity index (χ1n) is 8.22. The molecular formula is C21H19BrN2O2. The van der Waals surface area contributed by atoms with E-state index in [9.17, 15) is 4.79 Å². The molecule has 1 aromatic heterocycles. The molecule has 0 fully saturated rings. The highest BCUT2D eigenvalue weighted by molar-refractivity contribution is 9.10. The van der Waals surface area contributed by atoms with Crippen molar-refractivity contribution in [3.05, 3.63) is 87.1 Å². The van der Waals surface area contributed by atoms with Crippen LogP contribution in [0.1, 0.15) is 32.9 Å². The molecule has 3 aromatic rings. The van der Waals surface area contributed by atoms with Gasteiger partial charge in [0.05, 0.1) is 12.1 Å². The third-order valence-electron chi connectivity index (χ3n) is 4.26. The lowest BCUT2D eigenvalue weighted by Crippen LogP contribution is -1.99. The third kappa shape index (κ3) is 3.94. The van der Waals surface area contributed by atoms with Crippen molar-refractivity contribution in [2.75, 3.05) is 0 Å². The van der Waals surface area contributed by atoms with Gasteiger partial charge in [-0.05, 0) is 61.9 Å². The van der Waals surface area contributed by atoms with Crippen LogP contribution in [0.15, 0.2) is 64.1 Å². The van der Waals surface area contributed by atoms with Crippen molar-refractivity contribution in [1.29, 1.82) is 0 Å². The second kappa shape index (κ2) is 7.70. The lowest BCUT2D eigenvalue weighted by molar-refractivity contribution is 0.0697. The molecule has 4 nitrogen and oxygen atoms in total. The molecule has 3 rings (SSSR count). The average molecular weight is 411 g/mol. The molecule has 2 aromatic carbocycles. The summed E-state index contributed by atoms with van der Waals surface area (Å²) in [4.78, 5) is 15.4. The van der Waals surface area contributed by atoms with Crippen LogP contribution in [0.3, 0.4) is 0 Å². The Morgan fingerprint density at radius 3 is 2.38 bits per heavy atom. The molecule has 0 aliphatic rings. The molecule has 0 saturated heterocycles. The molecule has 0 radical (unpaired) electrons. The number of rotatable bonds is 5. The lowest BCUT2D eigenvalue weighted by atomic mass is 10.1. The van der Waals surface area contributed by atoms with Gasteiger partial charge >= 0.3 is 5.97 Å². The van der Waals surface area contributed by atoms with Gasteiger partial charge in [-0.25, -0.2) is 4.79 Å².